The number of amides is 2. The van der Waals surface area contributed by atoms with Gasteiger partial charge in [-0.15, -0.1) is 22.7 Å². The summed E-state index contributed by atoms with van der Waals surface area (Å²) < 4.78 is 3.60. The van der Waals surface area contributed by atoms with Gasteiger partial charge in [0.1, 0.15) is 0 Å². The van der Waals surface area contributed by atoms with Crippen LogP contribution in [0.2, 0.25) is 0 Å². The summed E-state index contributed by atoms with van der Waals surface area (Å²) in [6, 6.07) is 17.2. The van der Waals surface area contributed by atoms with Crippen LogP contribution < -0.4 is 16.4 Å². The molecule has 2 heterocycles. The first kappa shape index (κ1) is 25.5. The number of carbonyl (C=O) groups excluding carboxylic acids is 2. The second-order valence-electron chi connectivity index (χ2n) is 8.36. The predicted octanol–water partition coefficient (Wildman–Crippen LogP) is 6.57. The average molecular weight is 566 g/mol. The summed E-state index contributed by atoms with van der Waals surface area (Å²) in [5.74, 6) is 0.350. The third-order valence-electron chi connectivity index (χ3n) is 5.35. The highest BCUT2D eigenvalue weighted by Crippen LogP contribution is 2.33. The van der Waals surface area contributed by atoms with Crippen molar-refractivity contribution < 1.29 is 9.59 Å². The van der Waals surface area contributed by atoms with Crippen LogP contribution >= 0.6 is 46.2 Å². The van der Waals surface area contributed by atoms with Crippen molar-refractivity contribution in [3.05, 3.63) is 65.7 Å². The van der Waals surface area contributed by atoms with E-state index in [9.17, 15) is 9.59 Å². The number of nitrogen functional groups attached to an aromatic ring is 1. The zero-order valence-corrected chi connectivity index (χ0v) is 23.3. The molecule has 7 nitrogen and oxygen atoms in total. The van der Waals surface area contributed by atoms with Gasteiger partial charge in [-0.05, 0) is 61.9 Å². The lowest BCUT2D eigenvalue weighted by Crippen LogP contribution is -2.14. The first-order valence-corrected chi connectivity index (χ1v) is 14.9. The predicted molar refractivity (Wildman–Crippen MR) is 158 cm³/mol. The van der Waals surface area contributed by atoms with Crippen molar-refractivity contribution in [1.82, 2.24) is 9.97 Å². The normalized spacial score (nSPS) is 11.2. The maximum Gasteiger partial charge on any atom is 0.234 e. The van der Waals surface area contributed by atoms with Crippen LogP contribution in [0.25, 0.3) is 20.4 Å². The Morgan fingerprint density at radius 2 is 1.43 bits per heavy atom. The van der Waals surface area contributed by atoms with E-state index in [0.29, 0.717) is 11.4 Å². The van der Waals surface area contributed by atoms with E-state index >= 15 is 0 Å². The molecule has 3 aromatic carbocycles. The van der Waals surface area contributed by atoms with Gasteiger partial charge in [-0.2, -0.15) is 0 Å². The topological polar surface area (TPSA) is 110 Å². The molecule has 0 aliphatic heterocycles. The van der Waals surface area contributed by atoms with Gasteiger partial charge in [-0.1, -0.05) is 41.2 Å². The number of anilines is 3. The number of thioether (sulfide) groups is 2. The fourth-order valence-corrected chi connectivity index (χ4v) is 7.44. The SMILES string of the molecule is Cc1ccc(NC(=O)CSc2nc3ccc(NC(=O)CSc4nc5ccc(N)cc5s4)cc3s2)c(C)c1. The number of nitrogens with zero attached hydrogens (tertiary/aromatic N) is 2. The number of fused-ring (bicyclic) bond motifs is 2. The largest absolute Gasteiger partial charge is 0.399 e. The number of nitrogens with one attached hydrogen (secondary N) is 2. The van der Waals surface area contributed by atoms with E-state index in [2.05, 4.69) is 20.6 Å². The van der Waals surface area contributed by atoms with Crippen LogP contribution in [-0.2, 0) is 9.59 Å². The van der Waals surface area contributed by atoms with Crippen LogP contribution in [0.3, 0.4) is 0 Å². The molecule has 0 aliphatic carbocycles. The van der Waals surface area contributed by atoms with Crippen LogP contribution in [0.5, 0.6) is 0 Å². The monoisotopic (exact) mass is 565 g/mol. The first-order chi connectivity index (χ1) is 17.8. The fourth-order valence-electron chi connectivity index (χ4n) is 3.62. The minimum Gasteiger partial charge on any atom is -0.399 e. The number of benzene rings is 3. The van der Waals surface area contributed by atoms with Crippen molar-refractivity contribution >= 4 is 95.5 Å². The molecular weight excluding hydrogens is 543 g/mol. The van der Waals surface area contributed by atoms with Crippen molar-refractivity contribution in [2.45, 2.75) is 22.5 Å². The number of hydrogen-bond donors (Lipinski definition) is 3. The summed E-state index contributed by atoms with van der Waals surface area (Å²) in [4.78, 5) is 34.1. The molecule has 2 aromatic heterocycles. The van der Waals surface area contributed by atoms with Gasteiger partial charge in [0, 0.05) is 17.1 Å². The Hall–Kier alpha value is -3.12. The minimum atomic E-state index is -0.106. The summed E-state index contributed by atoms with van der Waals surface area (Å²) in [5.41, 5.74) is 12.0. The summed E-state index contributed by atoms with van der Waals surface area (Å²) in [5, 5.41) is 5.91. The smallest absolute Gasteiger partial charge is 0.234 e. The van der Waals surface area contributed by atoms with Gasteiger partial charge >= 0.3 is 0 Å². The Morgan fingerprint density at radius 3 is 2.11 bits per heavy atom. The van der Waals surface area contributed by atoms with E-state index in [1.54, 1.807) is 0 Å². The summed E-state index contributed by atoms with van der Waals surface area (Å²) in [6.45, 7) is 4.01. The molecule has 4 N–H and O–H groups in total. The number of hydrogen-bond acceptors (Lipinski definition) is 9. The first-order valence-electron chi connectivity index (χ1n) is 11.3. The van der Waals surface area contributed by atoms with Gasteiger partial charge in [0.25, 0.3) is 0 Å². The second-order valence-corrected chi connectivity index (χ2v) is 12.9. The number of rotatable bonds is 8. The number of carbonyl (C=O) groups is 2. The van der Waals surface area contributed by atoms with Crippen LogP contribution in [0, 0.1) is 13.8 Å². The van der Waals surface area contributed by atoms with Gasteiger partial charge in [0.15, 0.2) is 8.68 Å². The number of aryl methyl sites for hydroxylation is 2. The standard InChI is InChI=1S/C26H23N5O2S4/c1-14-3-6-18(15(2)9-14)29-24(33)13-35-26-31-20-8-5-17(11-22(20)37-26)28-23(32)12-34-25-30-19-7-4-16(27)10-21(19)36-25/h3-11H,12-13,27H2,1-2H3,(H,28,32)(H,29,33). The number of thiazole rings is 2. The van der Waals surface area contributed by atoms with Crippen molar-refractivity contribution in [2.24, 2.45) is 0 Å². The molecule has 0 bridgehead atoms. The van der Waals surface area contributed by atoms with E-state index in [0.717, 1.165) is 45.9 Å². The summed E-state index contributed by atoms with van der Waals surface area (Å²) in [7, 11) is 0. The highest BCUT2D eigenvalue weighted by atomic mass is 32.2. The quantitative estimate of drug-likeness (QED) is 0.144. The molecule has 37 heavy (non-hydrogen) atoms. The van der Waals surface area contributed by atoms with Crippen molar-refractivity contribution in [3.8, 4) is 0 Å². The van der Waals surface area contributed by atoms with Gasteiger partial charge < -0.3 is 16.4 Å². The molecule has 0 spiro atoms. The van der Waals surface area contributed by atoms with Crippen molar-refractivity contribution in [3.63, 3.8) is 0 Å². The highest BCUT2D eigenvalue weighted by Gasteiger charge is 2.12. The summed E-state index contributed by atoms with van der Waals surface area (Å²) in [6.07, 6.45) is 0. The Morgan fingerprint density at radius 1 is 0.811 bits per heavy atom. The molecule has 188 valence electrons. The number of nitrogens with two attached hydrogens (primary N) is 1. The lowest BCUT2D eigenvalue weighted by molar-refractivity contribution is -0.114. The lowest BCUT2D eigenvalue weighted by Gasteiger charge is -2.08. The molecule has 2 amide bonds. The Labute approximate surface area is 230 Å². The molecule has 5 rings (SSSR count). The zero-order chi connectivity index (χ0) is 25.9. The van der Waals surface area contributed by atoms with E-state index in [-0.39, 0.29) is 23.3 Å². The van der Waals surface area contributed by atoms with Gasteiger partial charge in [-0.3, -0.25) is 9.59 Å². The molecule has 5 aromatic rings. The maximum atomic E-state index is 12.5. The average Bonchev–Trinajstić information content (AvgIpc) is 3.46. The lowest BCUT2D eigenvalue weighted by atomic mass is 10.1. The summed E-state index contributed by atoms with van der Waals surface area (Å²) >= 11 is 5.83. The molecule has 0 aliphatic rings. The van der Waals surface area contributed by atoms with Gasteiger partial charge in [0.2, 0.25) is 11.8 Å². The third-order valence-corrected chi connectivity index (χ3v) is 9.68. The second kappa shape index (κ2) is 11.1. The van der Waals surface area contributed by atoms with Crippen LogP contribution in [0.15, 0.2) is 63.3 Å². The number of aromatic nitrogens is 2. The molecule has 11 heteroatoms. The van der Waals surface area contributed by atoms with E-state index in [1.165, 1.54) is 46.2 Å². The molecular formula is C26H23N5O2S4. The Kier molecular flexibility index (Phi) is 7.65. The molecule has 0 radical (unpaired) electrons. The molecule has 0 saturated heterocycles. The minimum absolute atomic E-state index is 0.0711. The Bertz CT molecular complexity index is 1630. The van der Waals surface area contributed by atoms with Gasteiger partial charge in [-0.25, -0.2) is 9.97 Å². The highest BCUT2D eigenvalue weighted by molar-refractivity contribution is 8.02. The van der Waals surface area contributed by atoms with Crippen molar-refractivity contribution in [1.29, 1.82) is 0 Å². The Balaban J connectivity index is 1.15. The van der Waals surface area contributed by atoms with Crippen molar-refractivity contribution in [2.75, 3.05) is 27.9 Å². The van der Waals surface area contributed by atoms with Crippen LogP contribution in [0.4, 0.5) is 17.1 Å². The molecule has 0 atom stereocenters. The van der Waals surface area contributed by atoms with E-state index in [1.807, 2.05) is 68.4 Å². The van der Waals surface area contributed by atoms with Crippen LogP contribution in [-0.4, -0.2) is 33.3 Å². The fraction of sp³-hybridized carbons (Fsp3) is 0.154. The zero-order valence-electron chi connectivity index (χ0n) is 20.0. The van der Waals surface area contributed by atoms with Crippen LogP contribution in [0.1, 0.15) is 11.1 Å². The molecule has 0 saturated carbocycles. The van der Waals surface area contributed by atoms with E-state index in [4.69, 9.17) is 5.73 Å². The third kappa shape index (κ3) is 6.42. The molecule has 0 fully saturated rings. The van der Waals surface area contributed by atoms with E-state index < -0.39 is 0 Å². The molecule has 0 unspecified atom stereocenters. The van der Waals surface area contributed by atoms with Gasteiger partial charge in [0.05, 0.1) is 31.9 Å². The maximum absolute atomic E-state index is 12.5.